The zero-order valence-corrected chi connectivity index (χ0v) is 20.7. The van der Waals surface area contributed by atoms with Gasteiger partial charge in [0.25, 0.3) is 0 Å². The number of nitrogens with zero attached hydrogens (tertiary/aromatic N) is 3. The molecule has 34 heavy (non-hydrogen) atoms. The molecule has 174 valence electrons. The smallest absolute Gasteiger partial charge is 0.227 e. The lowest BCUT2D eigenvalue weighted by Gasteiger charge is -2.30. The van der Waals surface area contributed by atoms with Gasteiger partial charge in [-0.3, -0.25) is 14.8 Å². The van der Waals surface area contributed by atoms with Crippen molar-refractivity contribution in [2.45, 2.75) is 37.0 Å². The quantitative estimate of drug-likeness (QED) is 0.501. The topological polar surface area (TPSA) is 69.2 Å². The number of halogens is 1. The molecule has 0 N–H and O–H groups in total. The molecular weight excluding hydrogens is 466 g/mol. The summed E-state index contributed by atoms with van der Waals surface area (Å²) in [6, 6.07) is 11.7. The summed E-state index contributed by atoms with van der Waals surface area (Å²) in [5.74, 6) is 0.132. The largest absolute Gasteiger partial charge is 0.612 e. The number of pyridine rings is 2. The Hall–Kier alpha value is -2.67. The predicted octanol–water partition coefficient (Wildman–Crippen LogP) is 4.63. The highest BCUT2D eigenvalue weighted by molar-refractivity contribution is 7.90. The van der Waals surface area contributed by atoms with Gasteiger partial charge in [0.2, 0.25) is 5.91 Å². The number of hydrogen-bond acceptors (Lipinski definition) is 4. The van der Waals surface area contributed by atoms with Crippen molar-refractivity contribution in [1.82, 2.24) is 14.9 Å². The van der Waals surface area contributed by atoms with Crippen LogP contribution in [0, 0.1) is 0 Å². The average Bonchev–Trinajstić information content (AvgIpc) is 3.01. The maximum absolute atomic E-state index is 12.9. The number of hydrogen-bond donors (Lipinski definition) is 0. The molecular formula is C27H26ClN3O2S. The summed E-state index contributed by atoms with van der Waals surface area (Å²) < 4.78 is 12.5. The van der Waals surface area contributed by atoms with Crippen LogP contribution in [0.3, 0.4) is 0 Å². The average molecular weight is 492 g/mol. The Morgan fingerprint density at radius 1 is 1.12 bits per heavy atom. The Morgan fingerprint density at radius 3 is 2.68 bits per heavy atom. The first-order chi connectivity index (χ1) is 16.5. The third-order valence-corrected chi connectivity index (χ3v) is 7.93. The molecule has 1 unspecified atom stereocenters. The highest BCUT2D eigenvalue weighted by Crippen LogP contribution is 2.40. The standard InChI is InChI=1S/C27H26ClN3O2S/c1-34(33)24-8-12-30-27-23(24)6-4-20-16-21(28)5-7-22(20)26(27)19-9-13-31(14-10-19)25(32)15-18-3-2-11-29-17-18/h2-3,5,7-8,11-12,16-17H,4,6,9-10,13-15H2,1H3. The van der Waals surface area contributed by atoms with Crippen molar-refractivity contribution >= 4 is 34.3 Å². The van der Waals surface area contributed by atoms with Gasteiger partial charge in [-0.25, -0.2) is 0 Å². The zero-order valence-electron chi connectivity index (χ0n) is 19.1. The summed E-state index contributed by atoms with van der Waals surface area (Å²) in [5.41, 5.74) is 7.70. The van der Waals surface area contributed by atoms with Gasteiger partial charge in [-0.15, -0.1) is 0 Å². The van der Waals surface area contributed by atoms with E-state index < -0.39 is 11.2 Å². The summed E-state index contributed by atoms with van der Waals surface area (Å²) in [6.07, 6.45) is 10.5. The van der Waals surface area contributed by atoms with Crippen molar-refractivity contribution < 1.29 is 9.35 Å². The molecule has 1 atom stereocenters. The van der Waals surface area contributed by atoms with Crippen LogP contribution in [0.4, 0.5) is 0 Å². The summed E-state index contributed by atoms with van der Waals surface area (Å²) in [6.45, 7) is 1.35. The highest BCUT2D eigenvalue weighted by atomic mass is 35.5. The minimum atomic E-state index is -1.09. The van der Waals surface area contributed by atoms with E-state index in [2.05, 4.69) is 11.1 Å². The molecule has 0 radical (unpaired) electrons. The van der Waals surface area contributed by atoms with Crippen molar-refractivity contribution in [1.29, 1.82) is 0 Å². The SMILES string of the molecule is C[S+]([O-])c1ccnc2c1CCc1cc(Cl)ccc1C2=C1CCN(C(=O)Cc2cccnc2)CC1. The van der Waals surface area contributed by atoms with Crippen molar-refractivity contribution in [3.63, 3.8) is 0 Å². The molecule has 2 aliphatic rings. The Labute approximate surface area is 208 Å². The van der Waals surface area contributed by atoms with E-state index in [1.807, 2.05) is 35.2 Å². The van der Waals surface area contributed by atoms with Gasteiger partial charge in [-0.2, -0.15) is 0 Å². The predicted molar refractivity (Wildman–Crippen MR) is 135 cm³/mol. The van der Waals surface area contributed by atoms with Crippen molar-refractivity contribution in [3.05, 3.63) is 93.5 Å². The van der Waals surface area contributed by atoms with Gasteiger partial charge in [0.05, 0.1) is 12.1 Å². The van der Waals surface area contributed by atoms with Crippen molar-refractivity contribution in [2.75, 3.05) is 19.3 Å². The number of carbonyl (C=O) groups excluding carboxylic acids is 1. The van der Waals surface area contributed by atoms with Gasteiger partial charge in [-0.05, 0) is 71.7 Å². The molecule has 3 heterocycles. The fraction of sp³-hybridized carbons (Fsp3) is 0.296. The second-order valence-corrected chi connectivity index (χ2v) is 10.6. The van der Waals surface area contributed by atoms with E-state index in [1.54, 1.807) is 24.8 Å². The highest BCUT2D eigenvalue weighted by Gasteiger charge is 2.29. The van der Waals surface area contributed by atoms with Crippen LogP contribution in [-0.2, 0) is 35.2 Å². The molecule has 7 heteroatoms. The van der Waals surface area contributed by atoms with Crippen LogP contribution < -0.4 is 0 Å². The molecule has 5 rings (SSSR count). The second-order valence-electron chi connectivity index (χ2n) is 8.79. The van der Waals surface area contributed by atoms with Gasteiger partial charge >= 0.3 is 0 Å². The van der Waals surface area contributed by atoms with E-state index in [4.69, 9.17) is 16.6 Å². The summed E-state index contributed by atoms with van der Waals surface area (Å²) >= 11 is 5.25. The van der Waals surface area contributed by atoms with E-state index in [-0.39, 0.29) is 5.91 Å². The summed E-state index contributed by atoms with van der Waals surface area (Å²) in [7, 11) is 0. The first-order valence-corrected chi connectivity index (χ1v) is 13.4. The molecule has 1 fully saturated rings. The van der Waals surface area contributed by atoms with Crippen LogP contribution >= 0.6 is 11.6 Å². The van der Waals surface area contributed by atoms with Crippen molar-refractivity contribution in [3.8, 4) is 0 Å². The Balaban J connectivity index is 1.50. The number of rotatable bonds is 3. The molecule has 3 aromatic rings. The second kappa shape index (κ2) is 9.90. The number of likely N-dealkylation sites (tertiary alicyclic amines) is 1. The normalized spacial score (nSPS) is 16.5. The number of carbonyl (C=O) groups is 1. The monoisotopic (exact) mass is 491 g/mol. The fourth-order valence-electron chi connectivity index (χ4n) is 5.02. The lowest BCUT2D eigenvalue weighted by molar-refractivity contribution is -0.130. The molecule has 2 aromatic heterocycles. The van der Waals surface area contributed by atoms with E-state index in [9.17, 15) is 9.35 Å². The minimum Gasteiger partial charge on any atom is -0.612 e. The maximum Gasteiger partial charge on any atom is 0.227 e. The molecule has 0 saturated carbocycles. The van der Waals surface area contributed by atoms with Crippen molar-refractivity contribution in [2.24, 2.45) is 0 Å². The number of benzene rings is 1. The molecule has 0 spiro atoms. The summed E-state index contributed by atoms with van der Waals surface area (Å²) in [4.78, 5) is 24.6. The van der Waals surface area contributed by atoms with Gasteiger partial charge in [0.1, 0.15) is 6.26 Å². The van der Waals surface area contributed by atoms with Gasteiger partial charge in [0.15, 0.2) is 4.90 Å². The number of amides is 1. The van der Waals surface area contributed by atoms with E-state index >= 15 is 0 Å². The molecule has 0 bridgehead atoms. The van der Waals surface area contributed by atoms with Crippen LogP contribution in [0.15, 0.2) is 65.5 Å². The summed E-state index contributed by atoms with van der Waals surface area (Å²) in [5, 5.41) is 0.720. The molecule has 1 aromatic carbocycles. The Kier molecular flexibility index (Phi) is 6.73. The Morgan fingerprint density at radius 2 is 1.94 bits per heavy atom. The van der Waals surface area contributed by atoms with E-state index in [0.29, 0.717) is 19.5 Å². The molecule has 1 amide bonds. The van der Waals surface area contributed by atoms with Gasteiger partial charge in [-0.1, -0.05) is 29.3 Å². The van der Waals surface area contributed by atoms with E-state index in [1.165, 1.54) is 11.1 Å². The maximum atomic E-state index is 12.9. The molecule has 1 aliphatic heterocycles. The fourth-order valence-corrected chi connectivity index (χ4v) is 6.02. The number of aromatic nitrogens is 2. The lowest BCUT2D eigenvalue weighted by atomic mass is 9.88. The van der Waals surface area contributed by atoms with E-state index in [0.717, 1.165) is 63.6 Å². The minimum absolute atomic E-state index is 0.132. The van der Waals surface area contributed by atoms with Crippen LogP contribution in [0.2, 0.25) is 5.02 Å². The number of piperidine rings is 1. The molecule has 1 aliphatic carbocycles. The lowest BCUT2D eigenvalue weighted by Crippen LogP contribution is -2.37. The number of fused-ring (bicyclic) bond motifs is 2. The zero-order chi connectivity index (χ0) is 23.7. The third kappa shape index (κ3) is 4.63. The first-order valence-electron chi connectivity index (χ1n) is 11.5. The first kappa shape index (κ1) is 23.1. The molecule has 1 saturated heterocycles. The van der Waals surface area contributed by atoms with Crippen LogP contribution in [0.25, 0.3) is 5.57 Å². The van der Waals surface area contributed by atoms with Gasteiger partial charge < -0.3 is 9.45 Å². The van der Waals surface area contributed by atoms with Crippen LogP contribution in [0.5, 0.6) is 0 Å². The van der Waals surface area contributed by atoms with Crippen LogP contribution in [-0.4, -0.2) is 44.7 Å². The van der Waals surface area contributed by atoms with Gasteiger partial charge in [0, 0.05) is 53.9 Å². The Bertz CT molecular complexity index is 1250. The molecule has 5 nitrogen and oxygen atoms in total. The third-order valence-electron chi connectivity index (χ3n) is 6.69. The van der Waals surface area contributed by atoms with Crippen LogP contribution in [0.1, 0.15) is 40.8 Å². The number of aryl methyl sites for hydroxylation is 1.